The predicted molar refractivity (Wildman–Crippen MR) is 119 cm³/mol. The van der Waals surface area contributed by atoms with E-state index in [9.17, 15) is 5.21 Å². The fourth-order valence-corrected chi connectivity index (χ4v) is 4.55. The van der Waals surface area contributed by atoms with Crippen LogP contribution in [-0.2, 0) is 4.74 Å². The van der Waals surface area contributed by atoms with E-state index in [2.05, 4.69) is 22.2 Å². The first-order valence-corrected chi connectivity index (χ1v) is 10.8. The Morgan fingerprint density at radius 2 is 2.10 bits per heavy atom. The average Bonchev–Trinajstić information content (AvgIpc) is 3.20. The molecule has 7 heteroatoms. The van der Waals surface area contributed by atoms with Crippen molar-refractivity contribution in [1.82, 2.24) is 14.8 Å². The van der Waals surface area contributed by atoms with Crippen LogP contribution in [0.15, 0.2) is 42.9 Å². The van der Waals surface area contributed by atoms with Crippen LogP contribution in [0.5, 0.6) is 5.88 Å². The van der Waals surface area contributed by atoms with Gasteiger partial charge in [0.15, 0.2) is 12.4 Å². The number of nitrogens with zero attached hydrogens (tertiary/aromatic N) is 4. The number of fused-ring (bicyclic) bond motifs is 2. The molecular formula is C24H26N4O3. The molecule has 1 aliphatic heterocycles. The van der Waals surface area contributed by atoms with E-state index in [1.165, 1.54) is 0 Å². The van der Waals surface area contributed by atoms with E-state index < -0.39 is 0 Å². The highest BCUT2D eigenvalue weighted by atomic mass is 16.5. The molecule has 0 radical (unpaired) electrons. The van der Waals surface area contributed by atoms with Crippen molar-refractivity contribution in [2.75, 3.05) is 13.7 Å². The van der Waals surface area contributed by atoms with Gasteiger partial charge in [-0.3, -0.25) is 0 Å². The molecule has 1 atom stereocenters. The van der Waals surface area contributed by atoms with Gasteiger partial charge < -0.3 is 14.7 Å². The van der Waals surface area contributed by atoms with E-state index in [4.69, 9.17) is 9.47 Å². The van der Waals surface area contributed by atoms with Gasteiger partial charge in [0, 0.05) is 40.9 Å². The molecule has 0 amide bonds. The zero-order valence-corrected chi connectivity index (χ0v) is 18.0. The smallest absolute Gasteiger partial charge is 0.213 e. The van der Waals surface area contributed by atoms with Crippen LogP contribution in [0, 0.1) is 5.21 Å². The minimum atomic E-state index is -0.0538. The molecule has 3 aromatic heterocycles. The van der Waals surface area contributed by atoms with E-state index in [1.807, 2.05) is 36.9 Å². The molecule has 4 heterocycles. The second-order valence-corrected chi connectivity index (χ2v) is 8.37. The molecule has 1 fully saturated rings. The van der Waals surface area contributed by atoms with Crippen molar-refractivity contribution in [2.45, 2.75) is 45.3 Å². The van der Waals surface area contributed by atoms with E-state index in [1.54, 1.807) is 19.5 Å². The number of hydrogen-bond donors (Lipinski definition) is 0. The topological polar surface area (TPSA) is 76.1 Å². The summed E-state index contributed by atoms with van der Waals surface area (Å²) in [5, 5.41) is 20.7. The van der Waals surface area contributed by atoms with Crippen molar-refractivity contribution in [3.63, 3.8) is 0 Å². The van der Waals surface area contributed by atoms with Crippen molar-refractivity contribution >= 4 is 21.7 Å². The van der Waals surface area contributed by atoms with Gasteiger partial charge in [0.1, 0.15) is 0 Å². The van der Waals surface area contributed by atoms with Crippen molar-refractivity contribution in [2.24, 2.45) is 0 Å². The van der Waals surface area contributed by atoms with Crippen LogP contribution in [0.2, 0.25) is 0 Å². The van der Waals surface area contributed by atoms with Gasteiger partial charge in [-0.15, -0.1) is 0 Å². The molecule has 1 aliphatic rings. The molecule has 5 rings (SSSR count). The summed E-state index contributed by atoms with van der Waals surface area (Å²) in [4.78, 5) is 4.23. The SMILES string of the molecule is COc1cc(-c2c(C(C)C)[n+]([O-])cc3cc4c(cnn4C4CCCCO4)cc23)ccn1. The summed E-state index contributed by atoms with van der Waals surface area (Å²) in [5.74, 6) is 0.565. The first-order chi connectivity index (χ1) is 15.1. The minimum absolute atomic E-state index is 0.0464. The highest BCUT2D eigenvalue weighted by Crippen LogP contribution is 2.37. The van der Waals surface area contributed by atoms with Crippen LogP contribution in [0.25, 0.3) is 32.8 Å². The molecular weight excluding hydrogens is 392 g/mol. The number of ether oxygens (including phenoxy) is 2. The molecule has 0 aliphatic carbocycles. The molecule has 0 N–H and O–H groups in total. The maximum atomic E-state index is 13.1. The van der Waals surface area contributed by atoms with Gasteiger partial charge in [-0.2, -0.15) is 9.83 Å². The van der Waals surface area contributed by atoms with Gasteiger partial charge in [0.05, 0.1) is 24.4 Å². The summed E-state index contributed by atoms with van der Waals surface area (Å²) in [5.41, 5.74) is 3.53. The van der Waals surface area contributed by atoms with Gasteiger partial charge in [-0.25, -0.2) is 9.67 Å². The summed E-state index contributed by atoms with van der Waals surface area (Å²) in [7, 11) is 1.59. The van der Waals surface area contributed by atoms with Crippen molar-refractivity contribution in [3.05, 3.63) is 53.8 Å². The molecule has 0 saturated carbocycles. The Hall–Kier alpha value is -3.19. The van der Waals surface area contributed by atoms with Gasteiger partial charge in [-0.1, -0.05) is 13.8 Å². The van der Waals surface area contributed by atoms with Gasteiger partial charge >= 0.3 is 0 Å². The number of hydrogen-bond acceptors (Lipinski definition) is 5. The minimum Gasteiger partial charge on any atom is -0.618 e. The predicted octanol–water partition coefficient (Wildman–Crippen LogP) is 4.72. The van der Waals surface area contributed by atoms with Crippen molar-refractivity contribution in [1.29, 1.82) is 0 Å². The molecule has 7 nitrogen and oxygen atoms in total. The van der Waals surface area contributed by atoms with Gasteiger partial charge in [-0.05, 0) is 43.0 Å². The molecule has 1 saturated heterocycles. The normalized spacial score (nSPS) is 17.0. The fourth-order valence-electron chi connectivity index (χ4n) is 4.55. The molecule has 31 heavy (non-hydrogen) atoms. The zero-order chi connectivity index (χ0) is 21.5. The molecule has 0 bridgehead atoms. The third-order valence-corrected chi connectivity index (χ3v) is 5.99. The first kappa shape index (κ1) is 19.8. The van der Waals surface area contributed by atoms with Crippen LogP contribution in [-0.4, -0.2) is 28.5 Å². The van der Waals surface area contributed by atoms with Crippen LogP contribution in [0.4, 0.5) is 0 Å². The Morgan fingerprint density at radius 3 is 2.84 bits per heavy atom. The number of benzene rings is 1. The fraction of sp³-hybridized carbons (Fsp3) is 0.375. The zero-order valence-electron chi connectivity index (χ0n) is 18.0. The highest BCUT2D eigenvalue weighted by molar-refractivity contribution is 6.04. The second kappa shape index (κ2) is 7.81. The third-order valence-electron chi connectivity index (χ3n) is 5.99. The summed E-state index contributed by atoms with van der Waals surface area (Å²) < 4.78 is 14.2. The molecule has 160 valence electrons. The lowest BCUT2D eigenvalue weighted by Gasteiger charge is -2.23. The number of methoxy groups -OCH3 is 1. The first-order valence-electron chi connectivity index (χ1n) is 10.8. The number of aromatic nitrogens is 4. The quantitative estimate of drug-likeness (QED) is 0.354. The summed E-state index contributed by atoms with van der Waals surface area (Å²) in [6.45, 7) is 4.83. The Labute approximate surface area is 180 Å². The van der Waals surface area contributed by atoms with Crippen molar-refractivity contribution in [3.8, 4) is 17.0 Å². The summed E-state index contributed by atoms with van der Waals surface area (Å²) >= 11 is 0. The Morgan fingerprint density at radius 1 is 1.23 bits per heavy atom. The highest BCUT2D eigenvalue weighted by Gasteiger charge is 2.25. The second-order valence-electron chi connectivity index (χ2n) is 8.37. The maximum absolute atomic E-state index is 13.1. The van der Waals surface area contributed by atoms with Crippen LogP contribution in [0.3, 0.4) is 0 Å². The molecule has 0 spiro atoms. The summed E-state index contributed by atoms with van der Waals surface area (Å²) in [6.07, 6.45) is 8.38. The average molecular weight is 418 g/mol. The maximum Gasteiger partial charge on any atom is 0.213 e. The van der Waals surface area contributed by atoms with Crippen LogP contribution < -0.4 is 9.47 Å². The Bertz CT molecular complexity index is 1260. The Kier molecular flexibility index (Phi) is 4.98. The molecule has 4 aromatic rings. The van der Waals surface area contributed by atoms with E-state index >= 15 is 0 Å². The lowest BCUT2D eigenvalue weighted by atomic mass is 9.92. The number of rotatable bonds is 4. The van der Waals surface area contributed by atoms with E-state index in [0.717, 1.165) is 69.1 Å². The van der Waals surface area contributed by atoms with Crippen LogP contribution in [0.1, 0.15) is 50.9 Å². The summed E-state index contributed by atoms with van der Waals surface area (Å²) in [6, 6.07) is 7.98. The van der Waals surface area contributed by atoms with Gasteiger partial charge in [0.25, 0.3) is 0 Å². The van der Waals surface area contributed by atoms with Gasteiger partial charge in [0.2, 0.25) is 11.6 Å². The number of pyridine rings is 2. The Balaban J connectivity index is 1.78. The van der Waals surface area contributed by atoms with Crippen molar-refractivity contribution < 1.29 is 14.2 Å². The van der Waals surface area contributed by atoms with E-state index in [0.29, 0.717) is 5.88 Å². The lowest BCUT2D eigenvalue weighted by Crippen LogP contribution is -2.33. The lowest BCUT2D eigenvalue weighted by molar-refractivity contribution is -0.613. The van der Waals surface area contributed by atoms with Crippen LogP contribution >= 0.6 is 0 Å². The largest absolute Gasteiger partial charge is 0.618 e. The molecule has 1 unspecified atom stereocenters. The molecule has 1 aromatic carbocycles. The van der Waals surface area contributed by atoms with E-state index in [-0.39, 0.29) is 12.1 Å². The standard InChI is InChI=1S/C24H26N4O3/c1-15(2)24-23(16-7-8-25-21(12-16)30-3)19-10-17-13-26-28(22-6-4-5-9-31-22)20(17)11-18(19)14-27(24)29/h7-8,10-15,22H,4-6,9H2,1-3H3. The monoisotopic (exact) mass is 418 g/mol. The third kappa shape index (κ3) is 3.39.